The summed E-state index contributed by atoms with van der Waals surface area (Å²) < 4.78 is 12.3. The van der Waals surface area contributed by atoms with Gasteiger partial charge in [-0.15, -0.1) is 0 Å². The second-order valence-corrected chi connectivity index (χ2v) is 5.37. The molecule has 2 rings (SSSR count). The van der Waals surface area contributed by atoms with Crippen LogP contribution in [0, 0.1) is 0 Å². The van der Waals surface area contributed by atoms with Gasteiger partial charge in [0.2, 0.25) is 5.91 Å². The van der Waals surface area contributed by atoms with Gasteiger partial charge in [0.15, 0.2) is 0 Å². The number of aryl methyl sites for hydroxylation is 1. The highest BCUT2D eigenvalue weighted by molar-refractivity contribution is 5.76. The van der Waals surface area contributed by atoms with Crippen LogP contribution in [0.5, 0.6) is 0 Å². The van der Waals surface area contributed by atoms with Crippen LogP contribution in [0.15, 0.2) is 6.20 Å². The number of hydrogen-bond donors (Lipinski definition) is 0. The van der Waals surface area contributed by atoms with E-state index >= 15 is 0 Å². The van der Waals surface area contributed by atoms with Gasteiger partial charge in [0.1, 0.15) is 0 Å². The minimum atomic E-state index is 0.165. The molecule has 118 valence electrons. The van der Waals surface area contributed by atoms with Gasteiger partial charge < -0.3 is 14.4 Å². The summed E-state index contributed by atoms with van der Waals surface area (Å²) in [6.45, 7) is 3.32. The van der Waals surface area contributed by atoms with Crippen LogP contribution in [0.3, 0.4) is 0 Å². The fraction of sp³-hybridized carbons (Fsp3) is 0.733. The predicted molar refractivity (Wildman–Crippen MR) is 78.9 cm³/mol. The summed E-state index contributed by atoms with van der Waals surface area (Å²) in [6, 6.07) is 0. The summed E-state index contributed by atoms with van der Waals surface area (Å²) in [5.41, 5.74) is 2.42. The summed E-state index contributed by atoms with van der Waals surface area (Å²) in [7, 11) is 3.64. The summed E-state index contributed by atoms with van der Waals surface area (Å²) >= 11 is 0. The first-order valence-corrected chi connectivity index (χ1v) is 7.56. The zero-order chi connectivity index (χ0) is 15.1. The topological polar surface area (TPSA) is 56.6 Å². The lowest BCUT2D eigenvalue weighted by Gasteiger charge is -2.20. The molecule has 0 spiro atoms. The highest BCUT2D eigenvalue weighted by Crippen LogP contribution is 2.18. The number of aromatic nitrogens is 2. The van der Waals surface area contributed by atoms with Gasteiger partial charge >= 0.3 is 0 Å². The molecular formula is C15H25N3O3. The minimum absolute atomic E-state index is 0.165. The van der Waals surface area contributed by atoms with Gasteiger partial charge in [-0.05, 0) is 19.3 Å². The maximum Gasteiger partial charge on any atom is 0.225 e. The normalized spacial score (nSPS) is 14.9. The van der Waals surface area contributed by atoms with Crippen molar-refractivity contribution in [3.8, 4) is 0 Å². The second kappa shape index (κ2) is 8.14. The van der Waals surface area contributed by atoms with E-state index in [1.54, 1.807) is 7.11 Å². The maximum absolute atomic E-state index is 12.3. The number of amides is 1. The smallest absolute Gasteiger partial charge is 0.225 e. The molecule has 0 radical (unpaired) electrons. The Balaban J connectivity index is 1.75. The van der Waals surface area contributed by atoms with Crippen LogP contribution >= 0.6 is 0 Å². The van der Waals surface area contributed by atoms with E-state index in [4.69, 9.17) is 9.47 Å². The van der Waals surface area contributed by atoms with E-state index in [0.717, 1.165) is 25.8 Å². The van der Waals surface area contributed by atoms with Crippen LogP contribution in [0.2, 0.25) is 0 Å². The first-order chi connectivity index (χ1) is 10.2. The summed E-state index contributed by atoms with van der Waals surface area (Å²) in [4.78, 5) is 14.2. The van der Waals surface area contributed by atoms with E-state index in [0.29, 0.717) is 32.8 Å². The predicted octanol–water partition coefficient (Wildman–Crippen LogP) is 1.14. The second-order valence-electron chi connectivity index (χ2n) is 5.37. The summed E-state index contributed by atoms with van der Waals surface area (Å²) in [5, 5.41) is 4.28. The molecule has 2 heterocycles. The molecular weight excluding hydrogens is 270 g/mol. The molecule has 21 heavy (non-hydrogen) atoms. The lowest BCUT2D eigenvalue weighted by Crippen LogP contribution is -2.31. The minimum Gasteiger partial charge on any atom is -0.385 e. The zero-order valence-corrected chi connectivity index (χ0v) is 13.0. The molecule has 0 unspecified atom stereocenters. The molecule has 0 saturated carbocycles. The Kier molecular flexibility index (Phi) is 6.20. The maximum atomic E-state index is 12.3. The Morgan fingerprint density at radius 3 is 3.05 bits per heavy atom. The van der Waals surface area contributed by atoms with Crippen LogP contribution in [-0.4, -0.2) is 54.1 Å². The monoisotopic (exact) mass is 295 g/mol. The summed E-state index contributed by atoms with van der Waals surface area (Å²) in [5.74, 6) is 0.165. The number of hydrogen-bond acceptors (Lipinski definition) is 4. The molecule has 0 atom stereocenters. The SMILES string of the molecule is COCCCOCCC(=O)N1CCCc2c(cnn2C)C1. The van der Waals surface area contributed by atoms with Crippen molar-refractivity contribution in [2.24, 2.45) is 7.05 Å². The Labute approximate surface area is 126 Å². The third-order valence-electron chi connectivity index (χ3n) is 3.80. The molecule has 0 fully saturated rings. The largest absolute Gasteiger partial charge is 0.385 e. The fourth-order valence-electron chi connectivity index (χ4n) is 2.62. The average Bonchev–Trinajstić information content (AvgIpc) is 2.71. The number of rotatable bonds is 7. The van der Waals surface area contributed by atoms with Gasteiger partial charge in [0, 0.05) is 51.7 Å². The molecule has 1 aliphatic heterocycles. The van der Waals surface area contributed by atoms with Crippen molar-refractivity contribution in [2.45, 2.75) is 32.2 Å². The summed E-state index contributed by atoms with van der Waals surface area (Å²) in [6.07, 6.45) is 5.17. The molecule has 0 N–H and O–H groups in total. The Morgan fingerprint density at radius 2 is 2.24 bits per heavy atom. The Morgan fingerprint density at radius 1 is 1.38 bits per heavy atom. The highest BCUT2D eigenvalue weighted by atomic mass is 16.5. The van der Waals surface area contributed by atoms with Crippen molar-refractivity contribution in [2.75, 3.05) is 33.5 Å². The van der Waals surface area contributed by atoms with Crippen LogP contribution in [-0.2, 0) is 34.3 Å². The molecule has 1 amide bonds. The molecule has 0 aliphatic carbocycles. The van der Waals surface area contributed by atoms with Crippen molar-refractivity contribution in [1.82, 2.24) is 14.7 Å². The van der Waals surface area contributed by atoms with Gasteiger partial charge in [-0.25, -0.2) is 0 Å². The van der Waals surface area contributed by atoms with E-state index < -0.39 is 0 Å². The molecule has 0 bridgehead atoms. The molecule has 6 nitrogen and oxygen atoms in total. The van der Waals surface area contributed by atoms with Crippen LogP contribution in [0.25, 0.3) is 0 Å². The Hall–Kier alpha value is -1.40. The van der Waals surface area contributed by atoms with E-state index in [-0.39, 0.29) is 5.91 Å². The lowest BCUT2D eigenvalue weighted by molar-refractivity contribution is -0.133. The van der Waals surface area contributed by atoms with E-state index in [9.17, 15) is 4.79 Å². The van der Waals surface area contributed by atoms with Gasteiger partial charge in [-0.3, -0.25) is 9.48 Å². The van der Waals surface area contributed by atoms with Crippen LogP contribution in [0.4, 0.5) is 0 Å². The number of ether oxygens (including phenoxy) is 2. The Bertz CT molecular complexity index is 459. The van der Waals surface area contributed by atoms with Crippen LogP contribution in [0.1, 0.15) is 30.5 Å². The van der Waals surface area contributed by atoms with Gasteiger partial charge in [0.05, 0.1) is 19.2 Å². The molecule has 6 heteroatoms. The van der Waals surface area contributed by atoms with Gasteiger partial charge in [-0.2, -0.15) is 5.10 Å². The zero-order valence-electron chi connectivity index (χ0n) is 13.0. The average molecular weight is 295 g/mol. The number of carbonyl (C=O) groups is 1. The van der Waals surface area contributed by atoms with Crippen LogP contribution < -0.4 is 0 Å². The van der Waals surface area contributed by atoms with Crippen molar-refractivity contribution in [3.05, 3.63) is 17.5 Å². The molecule has 1 aromatic heterocycles. The molecule has 0 saturated heterocycles. The first-order valence-electron chi connectivity index (χ1n) is 7.56. The molecule has 1 aliphatic rings. The van der Waals surface area contributed by atoms with E-state index in [2.05, 4.69) is 5.10 Å². The van der Waals surface area contributed by atoms with Crippen molar-refractivity contribution in [3.63, 3.8) is 0 Å². The highest BCUT2D eigenvalue weighted by Gasteiger charge is 2.20. The number of nitrogens with zero attached hydrogens (tertiary/aromatic N) is 3. The van der Waals surface area contributed by atoms with Crippen molar-refractivity contribution >= 4 is 5.91 Å². The van der Waals surface area contributed by atoms with Gasteiger partial charge in [-0.1, -0.05) is 0 Å². The number of fused-ring (bicyclic) bond motifs is 1. The number of methoxy groups -OCH3 is 1. The van der Waals surface area contributed by atoms with E-state index in [1.807, 2.05) is 22.8 Å². The standard InChI is InChI=1S/C15H25N3O3/c1-17-14-5-3-7-18(12-13(14)11-16-17)15(19)6-10-21-9-4-8-20-2/h11H,3-10,12H2,1-2H3. The lowest BCUT2D eigenvalue weighted by atomic mass is 10.2. The third kappa shape index (κ3) is 4.54. The third-order valence-corrected chi connectivity index (χ3v) is 3.80. The molecule has 0 aromatic carbocycles. The fourth-order valence-corrected chi connectivity index (χ4v) is 2.62. The van der Waals surface area contributed by atoms with Crippen molar-refractivity contribution in [1.29, 1.82) is 0 Å². The molecule has 1 aromatic rings. The van der Waals surface area contributed by atoms with Crippen molar-refractivity contribution < 1.29 is 14.3 Å². The number of carbonyl (C=O) groups excluding carboxylic acids is 1. The van der Waals surface area contributed by atoms with Gasteiger partial charge in [0.25, 0.3) is 0 Å². The quantitative estimate of drug-likeness (QED) is 0.708. The first kappa shape index (κ1) is 16.0. The van der Waals surface area contributed by atoms with E-state index in [1.165, 1.54) is 11.3 Å².